The normalized spacial score (nSPS) is 11.1. The van der Waals surface area contributed by atoms with Gasteiger partial charge in [0.05, 0.1) is 12.2 Å². The van der Waals surface area contributed by atoms with E-state index in [2.05, 4.69) is 10.4 Å². The second-order valence-corrected chi connectivity index (χ2v) is 5.00. The lowest BCUT2D eigenvalue weighted by atomic mass is 10.1. The fourth-order valence-electron chi connectivity index (χ4n) is 2.61. The van der Waals surface area contributed by atoms with Crippen LogP contribution in [0.4, 0.5) is 8.78 Å². The fourth-order valence-corrected chi connectivity index (χ4v) is 2.61. The SMILES string of the molecule is CCc1nn(Cc2cc(F)ccc2F)c(CC)c1CNC. The molecule has 0 unspecified atom stereocenters. The number of hydrogen-bond acceptors (Lipinski definition) is 2. The van der Waals surface area contributed by atoms with Crippen LogP contribution in [0.25, 0.3) is 0 Å². The average Bonchev–Trinajstić information content (AvgIpc) is 2.80. The number of aromatic nitrogens is 2. The molecule has 0 aliphatic carbocycles. The second-order valence-electron chi connectivity index (χ2n) is 5.00. The van der Waals surface area contributed by atoms with Gasteiger partial charge in [0.25, 0.3) is 0 Å². The predicted octanol–water partition coefficient (Wildman–Crippen LogP) is 3.05. The quantitative estimate of drug-likeness (QED) is 0.887. The summed E-state index contributed by atoms with van der Waals surface area (Å²) in [7, 11) is 1.89. The van der Waals surface area contributed by atoms with Crippen molar-refractivity contribution in [3.8, 4) is 0 Å². The van der Waals surface area contributed by atoms with Crippen molar-refractivity contribution in [1.29, 1.82) is 0 Å². The molecule has 0 aliphatic rings. The van der Waals surface area contributed by atoms with Crippen LogP contribution in [0.1, 0.15) is 36.4 Å². The van der Waals surface area contributed by atoms with E-state index in [-0.39, 0.29) is 6.54 Å². The summed E-state index contributed by atoms with van der Waals surface area (Å²) >= 11 is 0. The van der Waals surface area contributed by atoms with Gasteiger partial charge in [-0.2, -0.15) is 5.10 Å². The van der Waals surface area contributed by atoms with Crippen molar-refractivity contribution in [2.24, 2.45) is 0 Å². The molecule has 0 fully saturated rings. The molecule has 1 heterocycles. The van der Waals surface area contributed by atoms with Crippen LogP contribution in [0.15, 0.2) is 18.2 Å². The molecule has 0 radical (unpaired) electrons. The van der Waals surface area contributed by atoms with Crippen LogP contribution in [0.2, 0.25) is 0 Å². The van der Waals surface area contributed by atoms with Gasteiger partial charge in [0.2, 0.25) is 0 Å². The van der Waals surface area contributed by atoms with Gasteiger partial charge < -0.3 is 5.32 Å². The molecule has 1 N–H and O–H groups in total. The Labute approximate surface area is 124 Å². The minimum Gasteiger partial charge on any atom is -0.316 e. The fraction of sp³-hybridized carbons (Fsp3) is 0.438. The smallest absolute Gasteiger partial charge is 0.128 e. The molecular weight excluding hydrogens is 272 g/mol. The number of nitrogens with one attached hydrogen (secondary N) is 1. The van der Waals surface area contributed by atoms with Gasteiger partial charge in [0, 0.05) is 23.4 Å². The van der Waals surface area contributed by atoms with E-state index in [9.17, 15) is 8.78 Å². The second kappa shape index (κ2) is 6.80. The number of halogens is 2. The first kappa shape index (κ1) is 15.6. The zero-order valence-electron chi connectivity index (χ0n) is 12.7. The molecule has 21 heavy (non-hydrogen) atoms. The molecule has 3 nitrogen and oxygen atoms in total. The minimum atomic E-state index is -0.428. The Balaban J connectivity index is 2.41. The van der Waals surface area contributed by atoms with E-state index >= 15 is 0 Å². The molecule has 0 saturated heterocycles. The Morgan fingerprint density at radius 2 is 1.95 bits per heavy atom. The number of nitrogens with zero attached hydrogens (tertiary/aromatic N) is 2. The third-order valence-electron chi connectivity index (χ3n) is 3.60. The van der Waals surface area contributed by atoms with Crippen LogP contribution in [-0.2, 0) is 25.9 Å². The van der Waals surface area contributed by atoms with E-state index < -0.39 is 11.6 Å². The summed E-state index contributed by atoms with van der Waals surface area (Å²) in [5, 5.41) is 7.72. The van der Waals surface area contributed by atoms with Gasteiger partial charge in [-0.1, -0.05) is 13.8 Å². The van der Waals surface area contributed by atoms with E-state index in [0.717, 1.165) is 42.9 Å². The number of aryl methyl sites for hydroxylation is 1. The summed E-state index contributed by atoms with van der Waals surface area (Å²) in [5.41, 5.74) is 3.58. The highest BCUT2D eigenvalue weighted by Crippen LogP contribution is 2.19. The lowest BCUT2D eigenvalue weighted by Gasteiger charge is -2.09. The van der Waals surface area contributed by atoms with E-state index in [1.54, 1.807) is 4.68 Å². The van der Waals surface area contributed by atoms with Crippen molar-refractivity contribution in [1.82, 2.24) is 15.1 Å². The van der Waals surface area contributed by atoms with Crippen LogP contribution in [-0.4, -0.2) is 16.8 Å². The van der Waals surface area contributed by atoms with Crippen LogP contribution in [0, 0.1) is 11.6 Å². The topological polar surface area (TPSA) is 29.9 Å². The van der Waals surface area contributed by atoms with Gasteiger partial charge >= 0.3 is 0 Å². The average molecular weight is 293 g/mol. The molecule has 0 atom stereocenters. The molecule has 2 rings (SSSR count). The predicted molar refractivity (Wildman–Crippen MR) is 79.2 cm³/mol. The summed E-state index contributed by atoms with van der Waals surface area (Å²) < 4.78 is 28.9. The number of rotatable bonds is 6. The Kier molecular flexibility index (Phi) is 5.07. The Hall–Kier alpha value is -1.75. The lowest BCUT2D eigenvalue weighted by Crippen LogP contribution is -2.11. The highest BCUT2D eigenvalue weighted by atomic mass is 19.1. The van der Waals surface area contributed by atoms with Crippen molar-refractivity contribution in [2.45, 2.75) is 39.8 Å². The highest BCUT2D eigenvalue weighted by Gasteiger charge is 2.16. The number of benzene rings is 1. The van der Waals surface area contributed by atoms with Crippen LogP contribution in [0.5, 0.6) is 0 Å². The zero-order valence-corrected chi connectivity index (χ0v) is 12.7. The van der Waals surface area contributed by atoms with Gasteiger partial charge in [0.15, 0.2) is 0 Å². The molecule has 114 valence electrons. The molecule has 2 aromatic rings. The summed E-state index contributed by atoms with van der Waals surface area (Å²) in [6, 6.07) is 3.53. The van der Waals surface area contributed by atoms with Gasteiger partial charge in [-0.15, -0.1) is 0 Å². The number of hydrogen-bond donors (Lipinski definition) is 1. The highest BCUT2D eigenvalue weighted by molar-refractivity contribution is 5.28. The van der Waals surface area contributed by atoms with Gasteiger partial charge in [-0.05, 0) is 38.1 Å². The van der Waals surface area contributed by atoms with Gasteiger partial charge in [-0.25, -0.2) is 8.78 Å². The molecule has 0 bridgehead atoms. The molecule has 0 spiro atoms. The maximum Gasteiger partial charge on any atom is 0.128 e. The largest absolute Gasteiger partial charge is 0.316 e. The first-order valence-electron chi connectivity index (χ1n) is 7.26. The van der Waals surface area contributed by atoms with Crippen molar-refractivity contribution in [3.05, 3.63) is 52.3 Å². The summed E-state index contributed by atoms with van der Waals surface area (Å²) in [6.07, 6.45) is 1.63. The summed E-state index contributed by atoms with van der Waals surface area (Å²) in [4.78, 5) is 0. The molecule has 0 aliphatic heterocycles. The maximum atomic E-state index is 13.8. The first-order valence-corrected chi connectivity index (χ1v) is 7.26. The minimum absolute atomic E-state index is 0.253. The standard InChI is InChI=1S/C16H21F2N3/c1-4-15-13(9-19-3)16(5-2)21(20-15)10-11-8-12(17)6-7-14(11)18/h6-8,19H,4-5,9-10H2,1-3H3. The van der Waals surface area contributed by atoms with Crippen molar-refractivity contribution < 1.29 is 8.78 Å². The van der Waals surface area contributed by atoms with Crippen LogP contribution in [0.3, 0.4) is 0 Å². The summed E-state index contributed by atoms with van der Waals surface area (Å²) in [5.74, 6) is -0.829. The van der Waals surface area contributed by atoms with Crippen molar-refractivity contribution >= 4 is 0 Å². The van der Waals surface area contributed by atoms with E-state index in [1.165, 1.54) is 11.6 Å². The molecule has 0 amide bonds. The van der Waals surface area contributed by atoms with Gasteiger partial charge in [-0.3, -0.25) is 4.68 Å². The molecule has 1 aromatic heterocycles. The van der Waals surface area contributed by atoms with Crippen molar-refractivity contribution in [3.63, 3.8) is 0 Å². The van der Waals surface area contributed by atoms with Gasteiger partial charge in [0.1, 0.15) is 11.6 Å². The molecule has 5 heteroatoms. The monoisotopic (exact) mass is 293 g/mol. The molecule has 1 aromatic carbocycles. The Bertz CT molecular complexity index is 620. The summed E-state index contributed by atoms with van der Waals surface area (Å²) in [6.45, 7) is 5.09. The third-order valence-corrected chi connectivity index (χ3v) is 3.60. The van der Waals surface area contributed by atoms with E-state index in [4.69, 9.17) is 0 Å². The zero-order chi connectivity index (χ0) is 15.4. The Morgan fingerprint density at radius 3 is 2.57 bits per heavy atom. The van der Waals surface area contributed by atoms with Crippen molar-refractivity contribution in [2.75, 3.05) is 7.05 Å². The first-order chi connectivity index (χ1) is 10.1. The van der Waals surface area contributed by atoms with Crippen LogP contribution >= 0.6 is 0 Å². The maximum absolute atomic E-state index is 13.8. The van der Waals surface area contributed by atoms with Crippen LogP contribution < -0.4 is 5.32 Å². The molecular formula is C16H21F2N3. The molecule has 0 saturated carbocycles. The lowest BCUT2D eigenvalue weighted by molar-refractivity contribution is 0.558. The van der Waals surface area contributed by atoms with E-state index in [1.807, 2.05) is 20.9 Å². The Morgan fingerprint density at radius 1 is 1.19 bits per heavy atom. The van der Waals surface area contributed by atoms with E-state index in [0.29, 0.717) is 5.56 Å². The third kappa shape index (κ3) is 3.29.